The number of carbonyl (C=O) groups is 3. The fourth-order valence-electron chi connectivity index (χ4n) is 4.03. The second-order valence-corrected chi connectivity index (χ2v) is 7.02. The average Bonchev–Trinajstić information content (AvgIpc) is 2.63. The molecule has 2 N–H and O–H groups in total. The molecule has 0 aromatic heterocycles. The number of amides is 3. The summed E-state index contributed by atoms with van der Waals surface area (Å²) in [5, 5.41) is 12.8. The van der Waals surface area contributed by atoms with Gasteiger partial charge in [-0.25, -0.2) is 5.43 Å². The molecule has 0 spiro atoms. The van der Waals surface area contributed by atoms with Crippen molar-refractivity contribution in [2.24, 2.45) is 11.0 Å². The zero-order valence-corrected chi connectivity index (χ0v) is 14.4. The Morgan fingerprint density at radius 3 is 2.76 bits per heavy atom. The fraction of sp³-hybridized carbons (Fsp3) is 0.765. The first-order chi connectivity index (χ1) is 12.1. The number of piperidine rings is 2. The Kier molecular flexibility index (Phi) is 5.67. The molecule has 0 aromatic carbocycles. The summed E-state index contributed by atoms with van der Waals surface area (Å²) >= 11 is 0. The van der Waals surface area contributed by atoms with Gasteiger partial charge in [0.25, 0.3) is 5.91 Å². The van der Waals surface area contributed by atoms with Gasteiger partial charge >= 0.3 is 0 Å². The number of likely N-dealkylation sites (tertiary alicyclic amines) is 2. The van der Waals surface area contributed by atoms with Crippen molar-refractivity contribution in [1.82, 2.24) is 15.2 Å². The van der Waals surface area contributed by atoms with Gasteiger partial charge in [0, 0.05) is 51.5 Å². The van der Waals surface area contributed by atoms with E-state index in [9.17, 15) is 14.4 Å². The largest absolute Gasteiger partial charge is 0.396 e. The minimum atomic E-state index is -0.153. The normalized spacial score (nSPS) is 26.8. The average molecular weight is 350 g/mol. The van der Waals surface area contributed by atoms with Crippen LogP contribution in [0.25, 0.3) is 0 Å². The van der Waals surface area contributed by atoms with Gasteiger partial charge in [0.05, 0.1) is 0 Å². The zero-order chi connectivity index (χ0) is 17.8. The maximum absolute atomic E-state index is 12.6. The Balaban J connectivity index is 1.60. The van der Waals surface area contributed by atoms with E-state index in [0.29, 0.717) is 56.9 Å². The summed E-state index contributed by atoms with van der Waals surface area (Å²) in [4.78, 5) is 39.8. The Morgan fingerprint density at radius 2 is 2.04 bits per heavy atom. The Morgan fingerprint density at radius 1 is 1.20 bits per heavy atom. The number of hydrogen-bond acceptors (Lipinski definition) is 5. The smallest absolute Gasteiger partial charge is 0.270 e. The summed E-state index contributed by atoms with van der Waals surface area (Å²) in [6.07, 6.45) is 4.33. The molecule has 3 aliphatic rings. The van der Waals surface area contributed by atoms with Crippen molar-refractivity contribution in [3.05, 3.63) is 0 Å². The third-order valence-electron chi connectivity index (χ3n) is 5.39. The maximum Gasteiger partial charge on any atom is 0.270 e. The predicted molar refractivity (Wildman–Crippen MR) is 90.6 cm³/mol. The molecule has 8 nitrogen and oxygen atoms in total. The highest BCUT2D eigenvalue weighted by Gasteiger charge is 2.40. The molecule has 0 unspecified atom stereocenters. The standard InChI is InChI=1S/C17H26N4O4/c22-10-2-1-8-21-14-7-9-20(11-12(14)3-6-16(21)24)17(25)13-4-5-15(23)19-18-13/h12,14,22H,1-11H2,(H,19,23)/t12-,14+/m0/s1. The van der Waals surface area contributed by atoms with Gasteiger partial charge in [-0.05, 0) is 31.6 Å². The molecule has 25 heavy (non-hydrogen) atoms. The van der Waals surface area contributed by atoms with E-state index in [-0.39, 0.29) is 30.4 Å². The molecular weight excluding hydrogens is 324 g/mol. The molecule has 0 bridgehead atoms. The van der Waals surface area contributed by atoms with E-state index >= 15 is 0 Å². The summed E-state index contributed by atoms with van der Waals surface area (Å²) in [6, 6.07) is 0.192. The molecule has 3 rings (SSSR count). The van der Waals surface area contributed by atoms with E-state index in [4.69, 9.17) is 5.11 Å². The molecule has 138 valence electrons. The lowest BCUT2D eigenvalue weighted by molar-refractivity contribution is -0.142. The van der Waals surface area contributed by atoms with Crippen LogP contribution in [0, 0.1) is 5.92 Å². The van der Waals surface area contributed by atoms with Crippen molar-refractivity contribution in [2.75, 3.05) is 26.2 Å². The number of hydrogen-bond donors (Lipinski definition) is 2. The van der Waals surface area contributed by atoms with Crippen LogP contribution in [0.4, 0.5) is 0 Å². The summed E-state index contributed by atoms with van der Waals surface area (Å²) < 4.78 is 0. The first kappa shape index (κ1) is 17.8. The topological polar surface area (TPSA) is 102 Å². The molecule has 8 heteroatoms. The number of rotatable bonds is 5. The zero-order valence-electron chi connectivity index (χ0n) is 14.4. The van der Waals surface area contributed by atoms with Crippen molar-refractivity contribution in [3.8, 4) is 0 Å². The number of fused-ring (bicyclic) bond motifs is 1. The minimum Gasteiger partial charge on any atom is -0.396 e. The fourth-order valence-corrected chi connectivity index (χ4v) is 4.03. The van der Waals surface area contributed by atoms with Crippen LogP contribution in [-0.4, -0.2) is 70.6 Å². The third-order valence-corrected chi connectivity index (χ3v) is 5.39. The predicted octanol–water partition coefficient (Wildman–Crippen LogP) is -0.136. The lowest BCUT2D eigenvalue weighted by atomic mass is 9.83. The molecule has 0 aromatic rings. The summed E-state index contributed by atoms with van der Waals surface area (Å²) in [5.74, 6) is 0.239. The maximum atomic E-state index is 12.6. The summed E-state index contributed by atoms with van der Waals surface area (Å²) in [5.41, 5.74) is 2.80. The Labute approximate surface area is 147 Å². The minimum absolute atomic E-state index is 0.0952. The van der Waals surface area contributed by atoms with Crippen molar-refractivity contribution in [1.29, 1.82) is 0 Å². The van der Waals surface area contributed by atoms with Crippen LogP contribution in [0.3, 0.4) is 0 Å². The lowest BCUT2D eigenvalue weighted by Gasteiger charge is -2.47. The van der Waals surface area contributed by atoms with Gasteiger partial charge in [-0.15, -0.1) is 0 Å². The molecule has 3 amide bonds. The number of aliphatic hydroxyl groups is 1. The monoisotopic (exact) mass is 350 g/mol. The van der Waals surface area contributed by atoms with Gasteiger partial charge in [0.1, 0.15) is 5.71 Å². The van der Waals surface area contributed by atoms with Gasteiger partial charge in [-0.2, -0.15) is 5.10 Å². The van der Waals surface area contributed by atoms with Crippen LogP contribution >= 0.6 is 0 Å². The van der Waals surface area contributed by atoms with Crippen LogP contribution in [-0.2, 0) is 14.4 Å². The highest BCUT2D eigenvalue weighted by atomic mass is 16.3. The second kappa shape index (κ2) is 7.95. The number of nitrogens with one attached hydrogen (secondary N) is 1. The van der Waals surface area contributed by atoms with Gasteiger partial charge in [0.2, 0.25) is 11.8 Å². The molecule has 2 fully saturated rings. The van der Waals surface area contributed by atoms with E-state index in [1.165, 1.54) is 0 Å². The Hall–Kier alpha value is -1.96. The van der Waals surface area contributed by atoms with Gasteiger partial charge in [-0.1, -0.05) is 0 Å². The quantitative estimate of drug-likeness (QED) is 0.674. The van der Waals surface area contributed by atoms with Gasteiger partial charge in [-0.3, -0.25) is 14.4 Å². The molecule has 0 saturated carbocycles. The van der Waals surface area contributed by atoms with Crippen molar-refractivity contribution in [2.45, 2.75) is 51.0 Å². The van der Waals surface area contributed by atoms with Crippen LogP contribution in [0.2, 0.25) is 0 Å². The van der Waals surface area contributed by atoms with E-state index in [0.717, 1.165) is 19.3 Å². The highest BCUT2D eigenvalue weighted by molar-refractivity contribution is 6.39. The third kappa shape index (κ3) is 4.00. The van der Waals surface area contributed by atoms with E-state index < -0.39 is 0 Å². The van der Waals surface area contributed by atoms with Crippen molar-refractivity contribution >= 4 is 23.4 Å². The van der Waals surface area contributed by atoms with Crippen molar-refractivity contribution in [3.63, 3.8) is 0 Å². The summed E-state index contributed by atoms with van der Waals surface area (Å²) in [7, 11) is 0. The molecule has 2 atom stereocenters. The van der Waals surface area contributed by atoms with Gasteiger partial charge < -0.3 is 14.9 Å². The number of unbranched alkanes of at least 4 members (excludes halogenated alkanes) is 1. The molecule has 2 saturated heterocycles. The van der Waals surface area contributed by atoms with Crippen LogP contribution < -0.4 is 5.43 Å². The number of nitrogens with zero attached hydrogens (tertiary/aromatic N) is 3. The first-order valence-corrected chi connectivity index (χ1v) is 9.15. The van der Waals surface area contributed by atoms with E-state index in [1.54, 1.807) is 0 Å². The SMILES string of the molecule is O=C1CCC(C(=O)N2CC[C@@H]3[C@@H](CCC(=O)N3CCCCO)C2)=NN1. The molecule has 0 aliphatic carbocycles. The van der Waals surface area contributed by atoms with Gasteiger partial charge in [0.15, 0.2) is 0 Å². The van der Waals surface area contributed by atoms with Crippen LogP contribution in [0.1, 0.15) is 44.9 Å². The Bertz CT molecular complexity index is 577. The van der Waals surface area contributed by atoms with Crippen LogP contribution in [0.5, 0.6) is 0 Å². The molecular formula is C17H26N4O4. The highest BCUT2D eigenvalue weighted by Crippen LogP contribution is 2.31. The van der Waals surface area contributed by atoms with Crippen LogP contribution in [0.15, 0.2) is 5.10 Å². The molecule has 3 aliphatic heterocycles. The summed E-state index contributed by atoms with van der Waals surface area (Å²) in [6.45, 7) is 2.08. The number of hydrazone groups is 1. The second-order valence-electron chi connectivity index (χ2n) is 7.02. The molecule has 0 radical (unpaired) electrons. The molecule has 3 heterocycles. The van der Waals surface area contributed by atoms with E-state index in [1.807, 2.05) is 9.80 Å². The number of carbonyl (C=O) groups excluding carboxylic acids is 3. The first-order valence-electron chi connectivity index (χ1n) is 9.15. The lowest BCUT2D eigenvalue weighted by Crippen LogP contribution is -2.58. The van der Waals surface area contributed by atoms with Crippen molar-refractivity contribution < 1.29 is 19.5 Å². The number of aliphatic hydroxyl groups excluding tert-OH is 1. The van der Waals surface area contributed by atoms with E-state index in [2.05, 4.69) is 10.5 Å².